The maximum atomic E-state index is 13.2. The number of phosphoric ester groups is 1. The fraction of sp³-hybridized carbons (Fsp3) is 1.00. The minimum Gasteiger partial charge on any atom is -0.394 e. The third-order valence-electron chi connectivity index (χ3n) is 4.73. The van der Waals surface area contributed by atoms with Crippen LogP contribution in [0.3, 0.4) is 0 Å². The lowest BCUT2D eigenvalue weighted by molar-refractivity contribution is -0.268. The third kappa shape index (κ3) is 13.3. The first-order valence-electron chi connectivity index (χ1n) is 10.4. The minimum absolute atomic E-state index is 0.782. The number of aliphatic hydroxyl groups excluding tert-OH is 3. The Morgan fingerprint density at radius 1 is 0.867 bits per heavy atom. The normalized spacial score (nSPS) is 26.7. The predicted octanol–water partition coefficient (Wildman–Crippen LogP) is 0.569. The summed E-state index contributed by atoms with van der Waals surface area (Å²) in [5, 5.41) is 27.0. The van der Waals surface area contributed by atoms with E-state index < -0.39 is 45.2 Å². The maximum absolute atomic E-state index is 13.2. The standard InChI is InChI=1S/C6H12FO8P.2C6H15N/c7-3-4(9)2(1-8)14-6(5(3)10)15-16(11,12)13;2*1-4-7(5-2)6-3/h2-6,8-10H,1H2,(H2,11,12,13);2*4-6H2,1-3H3/t2-,3+,4-,5-,6-;;/m1../s1. The van der Waals surface area contributed by atoms with Crippen LogP contribution in [0.15, 0.2) is 0 Å². The number of nitrogens with zero attached hydrogens (tertiary/aromatic N) is 2. The van der Waals surface area contributed by atoms with Crippen LogP contribution in [-0.2, 0) is 13.8 Å². The second kappa shape index (κ2) is 17.4. The Labute approximate surface area is 179 Å². The third-order valence-corrected chi connectivity index (χ3v) is 5.21. The van der Waals surface area contributed by atoms with Crippen LogP contribution in [0.25, 0.3) is 0 Å². The average molecular weight is 465 g/mol. The summed E-state index contributed by atoms with van der Waals surface area (Å²) in [6, 6.07) is 0. The molecule has 184 valence electrons. The molecule has 1 aliphatic rings. The van der Waals surface area contributed by atoms with Gasteiger partial charge >= 0.3 is 7.82 Å². The lowest BCUT2D eigenvalue weighted by Crippen LogP contribution is -2.57. The molecule has 1 saturated heterocycles. The van der Waals surface area contributed by atoms with Crippen LogP contribution >= 0.6 is 7.82 Å². The molecule has 0 aromatic carbocycles. The van der Waals surface area contributed by atoms with Gasteiger partial charge in [0.05, 0.1) is 6.61 Å². The van der Waals surface area contributed by atoms with E-state index in [1.165, 1.54) is 39.3 Å². The quantitative estimate of drug-likeness (QED) is 0.307. The molecule has 0 aromatic rings. The van der Waals surface area contributed by atoms with Gasteiger partial charge in [-0.3, -0.25) is 4.52 Å². The highest BCUT2D eigenvalue weighted by Gasteiger charge is 2.47. The summed E-state index contributed by atoms with van der Waals surface area (Å²) in [5.74, 6) is 0. The summed E-state index contributed by atoms with van der Waals surface area (Å²) in [6.07, 6.45) is -9.45. The molecular formula is C18H42FN2O8P. The van der Waals surface area contributed by atoms with Crippen molar-refractivity contribution in [2.45, 2.75) is 72.3 Å². The van der Waals surface area contributed by atoms with Crippen LogP contribution in [-0.4, -0.2) is 112 Å². The molecule has 1 heterocycles. The van der Waals surface area contributed by atoms with Crippen molar-refractivity contribution in [3.8, 4) is 0 Å². The highest BCUT2D eigenvalue weighted by molar-refractivity contribution is 7.46. The summed E-state index contributed by atoms with van der Waals surface area (Å²) in [5.41, 5.74) is 0. The van der Waals surface area contributed by atoms with Crippen molar-refractivity contribution >= 4 is 7.82 Å². The van der Waals surface area contributed by atoms with Gasteiger partial charge in [0.15, 0.2) is 12.5 Å². The summed E-state index contributed by atoms with van der Waals surface area (Å²) >= 11 is 0. The zero-order valence-electron chi connectivity index (χ0n) is 19.0. The molecule has 0 saturated carbocycles. The van der Waals surface area contributed by atoms with Gasteiger partial charge in [-0.25, -0.2) is 8.96 Å². The molecule has 12 heteroatoms. The molecule has 1 aliphatic heterocycles. The van der Waals surface area contributed by atoms with Gasteiger partial charge in [-0.2, -0.15) is 0 Å². The number of halogens is 1. The molecule has 5 atom stereocenters. The van der Waals surface area contributed by atoms with Crippen LogP contribution < -0.4 is 0 Å². The Morgan fingerprint density at radius 3 is 1.47 bits per heavy atom. The number of aliphatic hydroxyl groups is 3. The number of hydrogen-bond donors (Lipinski definition) is 5. The largest absolute Gasteiger partial charge is 0.472 e. The van der Waals surface area contributed by atoms with E-state index in [2.05, 4.69) is 60.6 Å². The van der Waals surface area contributed by atoms with E-state index in [0.29, 0.717) is 0 Å². The zero-order valence-corrected chi connectivity index (χ0v) is 19.9. The molecule has 1 fully saturated rings. The Morgan fingerprint density at radius 2 is 1.23 bits per heavy atom. The van der Waals surface area contributed by atoms with Crippen molar-refractivity contribution in [1.29, 1.82) is 0 Å². The summed E-state index contributed by atoms with van der Waals surface area (Å²) < 4.78 is 32.2. The van der Waals surface area contributed by atoms with Gasteiger partial charge in [-0.05, 0) is 39.3 Å². The van der Waals surface area contributed by atoms with Crippen molar-refractivity contribution < 1.29 is 43.3 Å². The monoisotopic (exact) mass is 464 g/mol. The fourth-order valence-electron chi connectivity index (χ4n) is 2.61. The first-order valence-corrected chi connectivity index (χ1v) is 11.9. The van der Waals surface area contributed by atoms with Gasteiger partial charge in [0, 0.05) is 0 Å². The maximum Gasteiger partial charge on any atom is 0.472 e. The van der Waals surface area contributed by atoms with Crippen molar-refractivity contribution in [1.82, 2.24) is 9.80 Å². The van der Waals surface area contributed by atoms with Crippen LogP contribution in [0.1, 0.15) is 41.5 Å². The van der Waals surface area contributed by atoms with E-state index >= 15 is 0 Å². The number of alkyl halides is 1. The fourth-order valence-corrected chi connectivity index (χ4v) is 3.05. The second-order valence-corrected chi connectivity index (χ2v) is 7.68. The summed E-state index contributed by atoms with van der Waals surface area (Å²) in [4.78, 5) is 21.6. The van der Waals surface area contributed by atoms with E-state index in [1.54, 1.807) is 0 Å². The first-order chi connectivity index (χ1) is 14.0. The van der Waals surface area contributed by atoms with E-state index in [-0.39, 0.29) is 0 Å². The minimum atomic E-state index is -4.97. The number of phosphoric acid groups is 1. The SMILES string of the molecule is CCN(CC)CC.CCN(CC)CC.O=P(O)(O)O[C@H]1O[C@H](CO)[C@@H](O)[C@H](F)[C@H]1O. The number of rotatable bonds is 9. The number of hydrogen-bond acceptors (Lipinski definition) is 8. The first kappa shape index (κ1) is 32.0. The summed E-state index contributed by atoms with van der Waals surface area (Å²) in [6.45, 7) is 19.5. The topological polar surface area (TPSA) is 143 Å². The smallest absolute Gasteiger partial charge is 0.394 e. The molecule has 0 radical (unpaired) electrons. The Kier molecular flexibility index (Phi) is 18.5. The molecule has 0 aromatic heterocycles. The molecule has 0 spiro atoms. The van der Waals surface area contributed by atoms with E-state index in [4.69, 9.17) is 20.0 Å². The van der Waals surface area contributed by atoms with Gasteiger partial charge in [0.25, 0.3) is 0 Å². The average Bonchev–Trinajstić information content (AvgIpc) is 2.71. The molecule has 0 bridgehead atoms. The van der Waals surface area contributed by atoms with Crippen LogP contribution in [0, 0.1) is 0 Å². The zero-order chi connectivity index (χ0) is 23.9. The van der Waals surface area contributed by atoms with Gasteiger partial charge in [0.2, 0.25) is 0 Å². The number of ether oxygens (including phenoxy) is 1. The lowest BCUT2D eigenvalue weighted by atomic mass is 10.0. The molecule has 5 N–H and O–H groups in total. The van der Waals surface area contributed by atoms with Crippen LogP contribution in [0.4, 0.5) is 4.39 Å². The molecule has 0 amide bonds. The van der Waals surface area contributed by atoms with Crippen molar-refractivity contribution in [2.75, 3.05) is 45.9 Å². The molecule has 10 nitrogen and oxygen atoms in total. The molecule has 0 aliphatic carbocycles. The van der Waals surface area contributed by atoms with E-state index in [9.17, 15) is 14.1 Å². The van der Waals surface area contributed by atoms with Gasteiger partial charge in [0.1, 0.15) is 18.3 Å². The van der Waals surface area contributed by atoms with Gasteiger partial charge in [-0.1, -0.05) is 41.5 Å². The Hall–Kier alpha value is -0.200. The Balaban J connectivity index is 0. The highest BCUT2D eigenvalue weighted by Crippen LogP contribution is 2.40. The molecule has 0 unspecified atom stereocenters. The van der Waals surface area contributed by atoms with Gasteiger partial charge < -0.3 is 39.6 Å². The highest BCUT2D eigenvalue weighted by atomic mass is 31.2. The molecule has 30 heavy (non-hydrogen) atoms. The van der Waals surface area contributed by atoms with Crippen molar-refractivity contribution in [3.05, 3.63) is 0 Å². The van der Waals surface area contributed by atoms with Crippen molar-refractivity contribution in [2.24, 2.45) is 0 Å². The van der Waals surface area contributed by atoms with Crippen LogP contribution in [0.2, 0.25) is 0 Å². The lowest BCUT2D eigenvalue weighted by Gasteiger charge is -2.38. The molecule has 1 rings (SSSR count). The predicted molar refractivity (Wildman–Crippen MR) is 113 cm³/mol. The molecular weight excluding hydrogens is 422 g/mol. The summed E-state index contributed by atoms with van der Waals surface area (Å²) in [7, 11) is -4.97. The van der Waals surface area contributed by atoms with Crippen LogP contribution in [0.5, 0.6) is 0 Å². The van der Waals surface area contributed by atoms with E-state index in [0.717, 1.165) is 0 Å². The second-order valence-electron chi connectivity index (χ2n) is 6.49. The Bertz CT molecular complexity index is 427. The van der Waals surface area contributed by atoms with Crippen molar-refractivity contribution in [3.63, 3.8) is 0 Å². The van der Waals surface area contributed by atoms with E-state index in [1.807, 2.05) is 0 Å². The van der Waals surface area contributed by atoms with Gasteiger partial charge in [-0.15, -0.1) is 0 Å².